The minimum absolute atomic E-state index is 0.0756. The smallest absolute Gasteiger partial charge is 0.306 e. The average Bonchev–Trinajstić information content (AvgIpc) is 3.49. The van der Waals surface area contributed by atoms with E-state index in [0.717, 1.165) is 83.5 Å². The first-order chi connectivity index (χ1) is 41.0. The van der Waals surface area contributed by atoms with Crippen LogP contribution in [0.2, 0.25) is 0 Å². The molecule has 6 nitrogen and oxygen atoms in total. The number of carbonyl (C=O) groups excluding carboxylic acids is 3. The maximum absolute atomic E-state index is 13.0. The monoisotopic (exact) mass is 1170 g/mol. The highest BCUT2D eigenvalue weighted by Crippen LogP contribution is 2.20. The van der Waals surface area contributed by atoms with Crippen LogP contribution in [0.5, 0.6) is 0 Å². The number of esters is 3. The molecule has 6 heteroatoms. The van der Waals surface area contributed by atoms with Crippen LogP contribution in [-0.4, -0.2) is 37.2 Å². The molecule has 0 bridgehead atoms. The topological polar surface area (TPSA) is 78.9 Å². The Morgan fingerprint density at radius 2 is 0.470 bits per heavy atom. The lowest BCUT2D eigenvalue weighted by atomic mass is 10.0. The van der Waals surface area contributed by atoms with Gasteiger partial charge in [0.1, 0.15) is 13.2 Å². The highest BCUT2D eigenvalue weighted by atomic mass is 16.6. The number of carbonyl (C=O) groups is 3. The van der Waals surface area contributed by atoms with Crippen molar-refractivity contribution in [3.05, 3.63) is 36.5 Å². The molecule has 0 amide bonds. The van der Waals surface area contributed by atoms with Gasteiger partial charge in [0, 0.05) is 19.3 Å². The van der Waals surface area contributed by atoms with Crippen molar-refractivity contribution >= 4 is 17.9 Å². The first-order valence-corrected chi connectivity index (χ1v) is 37.5. The lowest BCUT2D eigenvalue weighted by Gasteiger charge is -2.18. The third-order valence-electron chi connectivity index (χ3n) is 17.2. The van der Waals surface area contributed by atoms with Crippen molar-refractivity contribution in [1.82, 2.24) is 0 Å². The quantitative estimate of drug-likeness (QED) is 0.0261. The molecule has 0 saturated heterocycles. The minimum Gasteiger partial charge on any atom is -0.462 e. The fourth-order valence-corrected chi connectivity index (χ4v) is 11.6. The minimum atomic E-state index is -0.782. The summed E-state index contributed by atoms with van der Waals surface area (Å²) in [4.78, 5) is 38.4. The Balaban J connectivity index is 4.17. The molecule has 0 aromatic rings. The van der Waals surface area contributed by atoms with Crippen LogP contribution in [0.25, 0.3) is 0 Å². The largest absolute Gasteiger partial charge is 0.462 e. The van der Waals surface area contributed by atoms with E-state index in [0.29, 0.717) is 19.3 Å². The summed E-state index contributed by atoms with van der Waals surface area (Å²) in [5.41, 5.74) is 0. The molecule has 0 aliphatic rings. The number of unbranched alkanes of at least 4 members (excludes halogenated alkanes) is 53. The van der Waals surface area contributed by atoms with Crippen molar-refractivity contribution < 1.29 is 28.6 Å². The van der Waals surface area contributed by atoms with Crippen LogP contribution in [0, 0.1) is 0 Å². The second kappa shape index (κ2) is 72.1. The first kappa shape index (κ1) is 80.6. The highest BCUT2D eigenvalue weighted by Gasteiger charge is 2.20. The Morgan fingerprint density at radius 3 is 0.735 bits per heavy atom. The van der Waals surface area contributed by atoms with Gasteiger partial charge in [0.2, 0.25) is 0 Å². The number of allylic oxidation sites excluding steroid dienone is 6. The number of hydrogen-bond donors (Lipinski definition) is 0. The van der Waals surface area contributed by atoms with Crippen molar-refractivity contribution in [2.45, 2.75) is 425 Å². The summed E-state index contributed by atoms with van der Waals surface area (Å²) in [5.74, 6) is -0.874. The lowest BCUT2D eigenvalue weighted by Crippen LogP contribution is -2.30. The molecule has 1 unspecified atom stereocenters. The van der Waals surface area contributed by atoms with Gasteiger partial charge in [-0.1, -0.05) is 385 Å². The predicted octanol–water partition coefficient (Wildman–Crippen LogP) is 25.9. The lowest BCUT2D eigenvalue weighted by molar-refractivity contribution is -0.167. The number of rotatable bonds is 70. The summed E-state index contributed by atoms with van der Waals surface area (Å²) >= 11 is 0. The van der Waals surface area contributed by atoms with E-state index in [1.54, 1.807) is 0 Å². The van der Waals surface area contributed by atoms with E-state index < -0.39 is 6.10 Å². The van der Waals surface area contributed by atoms with E-state index in [1.165, 1.54) is 295 Å². The van der Waals surface area contributed by atoms with Crippen molar-refractivity contribution in [2.75, 3.05) is 13.2 Å². The van der Waals surface area contributed by atoms with Crippen LogP contribution < -0.4 is 0 Å². The van der Waals surface area contributed by atoms with Crippen LogP contribution in [0.15, 0.2) is 36.5 Å². The fourth-order valence-electron chi connectivity index (χ4n) is 11.6. The van der Waals surface area contributed by atoms with E-state index in [9.17, 15) is 14.4 Å². The van der Waals surface area contributed by atoms with Crippen LogP contribution in [0.3, 0.4) is 0 Å². The summed E-state index contributed by atoms with van der Waals surface area (Å²) in [6.07, 6.45) is 90.7. The zero-order chi connectivity index (χ0) is 59.9. The van der Waals surface area contributed by atoms with Gasteiger partial charge in [0.05, 0.1) is 0 Å². The summed E-state index contributed by atoms with van der Waals surface area (Å²) < 4.78 is 17.0. The summed E-state index contributed by atoms with van der Waals surface area (Å²) in [6.45, 7) is 6.59. The van der Waals surface area contributed by atoms with E-state index in [4.69, 9.17) is 14.2 Å². The molecule has 0 rings (SSSR count). The molecule has 0 N–H and O–H groups in total. The van der Waals surface area contributed by atoms with Gasteiger partial charge < -0.3 is 14.2 Å². The predicted molar refractivity (Wildman–Crippen MR) is 362 cm³/mol. The van der Waals surface area contributed by atoms with Crippen molar-refractivity contribution in [2.24, 2.45) is 0 Å². The van der Waals surface area contributed by atoms with Crippen LogP contribution in [0.1, 0.15) is 419 Å². The van der Waals surface area contributed by atoms with Crippen LogP contribution in [-0.2, 0) is 28.6 Å². The van der Waals surface area contributed by atoms with E-state index in [1.807, 2.05) is 0 Å². The standard InChI is InChI=1S/C77H144O6/c1-4-7-10-13-16-19-22-25-27-29-31-33-35-36-37-38-39-40-42-43-45-47-49-52-55-58-61-64-67-70-76(79)82-73-74(72-81-75(78)69-66-63-60-57-54-51-24-21-18-15-12-9-6-3)83-77(80)71-68-65-62-59-56-53-50-48-46-44-41-34-32-30-28-26-23-20-17-14-11-8-5-2/h9,12,18,21,51,54,74H,4-8,10-11,13-17,19-20,22-50,52-53,55-73H2,1-3H3/b12-9-,21-18-,54-51-. The third kappa shape index (κ3) is 70.3. The van der Waals surface area contributed by atoms with Gasteiger partial charge in [-0.25, -0.2) is 0 Å². The number of hydrogen-bond acceptors (Lipinski definition) is 6. The van der Waals surface area contributed by atoms with E-state index >= 15 is 0 Å². The van der Waals surface area contributed by atoms with E-state index in [2.05, 4.69) is 57.2 Å². The van der Waals surface area contributed by atoms with Gasteiger partial charge in [-0.2, -0.15) is 0 Å². The van der Waals surface area contributed by atoms with Crippen LogP contribution >= 0.6 is 0 Å². The first-order valence-electron chi connectivity index (χ1n) is 37.5. The maximum Gasteiger partial charge on any atom is 0.306 e. The van der Waals surface area contributed by atoms with Crippen molar-refractivity contribution in [3.63, 3.8) is 0 Å². The molecular formula is C77H144O6. The zero-order valence-corrected chi connectivity index (χ0v) is 56.2. The molecule has 488 valence electrons. The third-order valence-corrected chi connectivity index (χ3v) is 17.2. The van der Waals surface area contributed by atoms with Gasteiger partial charge >= 0.3 is 17.9 Å². The van der Waals surface area contributed by atoms with Gasteiger partial charge in [0.15, 0.2) is 6.10 Å². The van der Waals surface area contributed by atoms with Gasteiger partial charge in [-0.15, -0.1) is 0 Å². The molecular weight excluding hydrogens is 1020 g/mol. The summed E-state index contributed by atoms with van der Waals surface area (Å²) in [5, 5.41) is 0. The molecule has 0 radical (unpaired) electrons. The van der Waals surface area contributed by atoms with Crippen molar-refractivity contribution in [1.29, 1.82) is 0 Å². The average molecular weight is 1170 g/mol. The van der Waals surface area contributed by atoms with Gasteiger partial charge in [-0.3, -0.25) is 14.4 Å². The molecule has 0 spiro atoms. The molecule has 1 atom stereocenters. The number of ether oxygens (including phenoxy) is 3. The normalized spacial score (nSPS) is 12.2. The Labute approximate surface area is 518 Å². The molecule has 0 aliphatic heterocycles. The Bertz CT molecular complexity index is 1380. The Morgan fingerprint density at radius 1 is 0.253 bits per heavy atom. The molecule has 0 saturated carbocycles. The molecule has 0 fully saturated rings. The van der Waals surface area contributed by atoms with E-state index in [-0.39, 0.29) is 31.1 Å². The molecule has 83 heavy (non-hydrogen) atoms. The van der Waals surface area contributed by atoms with Crippen LogP contribution in [0.4, 0.5) is 0 Å². The fraction of sp³-hybridized carbons (Fsp3) is 0.883. The Hall–Kier alpha value is -2.37. The second-order valence-electron chi connectivity index (χ2n) is 25.5. The highest BCUT2D eigenvalue weighted by molar-refractivity contribution is 5.71. The molecule has 0 aromatic carbocycles. The van der Waals surface area contributed by atoms with Gasteiger partial charge in [0.25, 0.3) is 0 Å². The molecule has 0 aliphatic carbocycles. The molecule has 0 heterocycles. The SMILES string of the molecule is CC/C=C\C/C=C\C/C=C\CCCCCC(=O)OCC(COC(=O)CCCCCCCCCCCCCCCCCCCCCCCCCCCCCCC)OC(=O)CCCCCCCCCCCCCCCCCCCCCCCCC. The van der Waals surface area contributed by atoms with Gasteiger partial charge in [-0.05, 0) is 51.4 Å². The zero-order valence-electron chi connectivity index (χ0n) is 56.2. The Kier molecular flexibility index (Phi) is 70.0. The summed E-state index contributed by atoms with van der Waals surface area (Å²) in [7, 11) is 0. The maximum atomic E-state index is 13.0. The molecule has 0 aromatic heterocycles. The summed E-state index contributed by atoms with van der Waals surface area (Å²) in [6, 6.07) is 0. The second-order valence-corrected chi connectivity index (χ2v) is 25.5. The van der Waals surface area contributed by atoms with Crippen molar-refractivity contribution in [3.8, 4) is 0 Å².